The highest BCUT2D eigenvalue weighted by molar-refractivity contribution is 9.11. The second kappa shape index (κ2) is 8.72. The SMILES string of the molecule is O=C(O)CCC(Cc1ccccc1)NC(=O)N1CCC=C(Br)C1. The highest BCUT2D eigenvalue weighted by Crippen LogP contribution is 2.15. The maximum atomic E-state index is 12.4. The van der Waals surface area contributed by atoms with Crippen molar-refractivity contribution < 1.29 is 14.7 Å². The molecular formula is C17H21BrN2O3. The van der Waals surface area contributed by atoms with E-state index < -0.39 is 5.97 Å². The number of carbonyl (C=O) groups excluding carboxylic acids is 1. The zero-order chi connectivity index (χ0) is 16.7. The Kier molecular flexibility index (Phi) is 6.65. The summed E-state index contributed by atoms with van der Waals surface area (Å²) in [6, 6.07) is 9.47. The Hall–Kier alpha value is -1.82. The van der Waals surface area contributed by atoms with Crippen molar-refractivity contribution in [3.63, 3.8) is 0 Å². The molecule has 1 aliphatic heterocycles. The molecule has 2 rings (SSSR count). The number of benzene rings is 1. The van der Waals surface area contributed by atoms with Gasteiger partial charge in [0.05, 0.1) is 6.54 Å². The summed E-state index contributed by atoms with van der Waals surface area (Å²) in [6.45, 7) is 1.24. The number of amides is 2. The van der Waals surface area contributed by atoms with E-state index >= 15 is 0 Å². The predicted molar refractivity (Wildman–Crippen MR) is 92.5 cm³/mol. The maximum Gasteiger partial charge on any atom is 0.317 e. The number of rotatable bonds is 6. The summed E-state index contributed by atoms with van der Waals surface area (Å²) in [7, 11) is 0. The normalized spacial score (nSPS) is 15.7. The molecule has 0 radical (unpaired) electrons. The van der Waals surface area contributed by atoms with Crippen LogP contribution in [0.5, 0.6) is 0 Å². The van der Waals surface area contributed by atoms with Crippen LogP contribution >= 0.6 is 15.9 Å². The van der Waals surface area contributed by atoms with E-state index in [0.717, 1.165) is 16.5 Å². The van der Waals surface area contributed by atoms with Crippen molar-refractivity contribution in [3.05, 3.63) is 46.5 Å². The first kappa shape index (κ1) is 17.5. The van der Waals surface area contributed by atoms with Crippen LogP contribution in [0, 0.1) is 0 Å². The quantitative estimate of drug-likeness (QED) is 0.796. The third-order valence-electron chi connectivity index (χ3n) is 3.75. The van der Waals surface area contributed by atoms with Gasteiger partial charge in [0.25, 0.3) is 0 Å². The van der Waals surface area contributed by atoms with Gasteiger partial charge < -0.3 is 15.3 Å². The molecule has 124 valence electrons. The van der Waals surface area contributed by atoms with Gasteiger partial charge in [-0.25, -0.2) is 4.79 Å². The summed E-state index contributed by atoms with van der Waals surface area (Å²) < 4.78 is 1.00. The Morgan fingerprint density at radius 1 is 1.30 bits per heavy atom. The minimum Gasteiger partial charge on any atom is -0.481 e. The minimum absolute atomic E-state index is 0.0430. The minimum atomic E-state index is -0.846. The lowest BCUT2D eigenvalue weighted by Crippen LogP contribution is -2.47. The van der Waals surface area contributed by atoms with Crippen LogP contribution in [-0.4, -0.2) is 41.1 Å². The van der Waals surface area contributed by atoms with Gasteiger partial charge in [0.15, 0.2) is 0 Å². The first-order valence-corrected chi connectivity index (χ1v) is 8.49. The number of hydrogen-bond donors (Lipinski definition) is 2. The molecule has 1 heterocycles. The number of halogens is 1. The fourth-order valence-electron chi connectivity index (χ4n) is 2.56. The first-order valence-electron chi connectivity index (χ1n) is 7.70. The van der Waals surface area contributed by atoms with Crippen molar-refractivity contribution >= 4 is 27.9 Å². The highest BCUT2D eigenvalue weighted by Gasteiger charge is 2.21. The standard InChI is InChI=1S/C17H21BrN2O3/c18-14-7-4-10-20(12-14)17(23)19-15(8-9-16(21)22)11-13-5-2-1-3-6-13/h1-3,5-7,15H,4,8-12H2,(H,19,23)(H,21,22). The summed E-state index contributed by atoms with van der Waals surface area (Å²) in [6.07, 6.45) is 3.98. The third kappa shape index (κ3) is 6.06. The van der Waals surface area contributed by atoms with E-state index in [1.165, 1.54) is 0 Å². The van der Waals surface area contributed by atoms with Gasteiger partial charge in [0, 0.05) is 23.5 Å². The molecule has 1 unspecified atom stereocenters. The maximum absolute atomic E-state index is 12.4. The summed E-state index contributed by atoms with van der Waals surface area (Å²) in [5.41, 5.74) is 1.09. The largest absolute Gasteiger partial charge is 0.481 e. The lowest BCUT2D eigenvalue weighted by atomic mass is 10.0. The molecule has 0 bridgehead atoms. The zero-order valence-corrected chi connectivity index (χ0v) is 14.5. The molecule has 1 aliphatic rings. The topological polar surface area (TPSA) is 69.6 Å². The Bertz CT molecular complexity index is 574. The fourth-order valence-corrected chi connectivity index (χ4v) is 3.10. The molecule has 1 aromatic rings. The average Bonchev–Trinajstić information content (AvgIpc) is 2.53. The van der Waals surface area contributed by atoms with Crippen molar-refractivity contribution in [1.82, 2.24) is 10.2 Å². The van der Waals surface area contributed by atoms with Crippen LogP contribution in [0.4, 0.5) is 4.79 Å². The second-order valence-corrected chi connectivity index (χ2v) is 6.65. The summed E-state index contributed by atoms with van der Waals surface area (Å²) in [4.78, 5) is 25.0. The summed E-state index contributed by atoms with van der Waals surface area (Å²) in [5, 5.41) is 11.9. The number of carboxylic acid groups (broad SMARTS) is 1. The number of nitrogens with zero attached hydrogens (tertiary/aromatic N) is 1. The molecule has 1 atom stereocenters. The van der Waals surface area contributed by atoms with Crippen LogP contribution in [0.1, 0.15) is 24.8 Å². The number of hydrogen-bond acceptors (Lipinski definition) is 2. The lowest BCUT2D eigenvalue weighted by molar-refractivity contribution is -0.137. The van der Waals surface area contributed by atoms with Crippen molar-refractivity contribution in [3.8, 4) is 0 Å². The van der Waals surface area contributed by atoms with Gasteiger partial charge in [-0.3, -0.25) is 4.79 Å². The monoisotopic (exact) mass is 380 g/mol. The molecule has 0 spiro atoms. The van der Waals surface area contributed by atoms with Crippen molar-refractivity contribution in [2.24, 2.45) is 0 Å². The van der Waals surface area contributed by atoms with Crippen LogP contribution in [-0.2, 0) is 11.2 Å². The van der Waals surface area contributed by atoms with E-state index in [0.29, 0.717) is 25.9 Å². The van der Waals surface area contributed by atoms with Gasteiger partial charge >= 0.3 is 12.0 Å². The summed E-state index contributed by atoms with van der Waals surface area (Å²) >= 11 is 3.43. The Morgan fingerprint density at radius 3 is 2.70 bits per heavy atom. The van der Waals surface area contributed by atoms with E-state index in [2.05, 4.69) is 27.3 Å². The Labute approximate surface area is 144 Å². The Morgan fingerprint density at radius 2 is 2.04 bits per heavy atom. The van der Waals surface area contributed by atoms with Crippen LogP contribution < -0.4 is 5.32 Å². The van der Waals surface area contributed by atoms with Gasteiger partial charge in [-0.05, 0) is 24.8 Å². The number of carboxylic acids is 1. The molecule has 2 amide bonds. The lowest BCUT2D eigenvalue weighted by Gasteiger charge is -2.28. The van der Waals surface area contributed by atoms with Crippen LogP contribution in [0.2, 0.25) is 0 Å². The van der Waals surface area contributed by atoms with E-state index in [-0.39, 0.29) is 18.5 Å². The molecule has 0 aliphatic carbocycles. The molecular weight excluding hydrogens is 360 g/mol. The van der Waals surface area contributed by atoms with E-state index in [9.17, 15) is 9.59 Å². The molecule has 5 nitrogen and oxygen atoms in total. The molecule has 0 saturated heterocycles. The molecule has 2 N–H and O–H groups in total. The summed E-state index contributed by atoms with van der Waals surface area (Å²) in [5.74, 6) is -0.846. The molecule has 23 heavy (non-hydrogen) atoms. The molecule has 0 aromatic heterocycles. The number of nitrogens with one attached hydrogen (secondary N) is 1. The van der Waals surface area contributed by atoms with Crippen molar-refractivity contribution in [2.45, 2.75) is 31.7 Å². The van der Waals surface area contributed by atoms with Crippen LogP contribution in [0.3, 0.4) is 0 Å². The fraction of sp³-hybridized carbons (Fsp3) is 0.412. The molecule has 1 aromatic carbocycles. The van der Waals surface area contributed by atoms with Gasteiger partial charge in [-0.15, -0.1) is 0 Å². The third-order valence-corrected chi connectivity index (χ3v) is 4.33. The zero-order valence-electron chi connectivity index (χ0n) is 12.9. The number of urea groups is 1. The number of carbonyl (C=O) groups is 2. The van der Waals surface area contributed by atoms with Gasteiger partial charge in [0.2, 0.25) is 0 Å². The highest BCUT2D eigenvalue weighted by atomic mass is 79.9. The average molecular weight is 381 g/mol. The predicted octanol–water partition coefficient (Wildman–Crippen LogP) is 3.16. The molecule has 6 heteroatoms. The van der Waals surface area contributed by atoms with Crippen LogP contribution in [0.25, 0.3) is 0 Å². The number of aliphatic carboxylic acids is 1. The van der Waals surface area contributed by atoms with Gasteiger partial charge in [-0.2, -0.15) is 0 Å². The molecule has 0 fully saturated rings. The van der Waals surface area contributed by atoms with Crippen molar-refractivity contribution in [2.75, 3.05) is 13.1 Å². The van der Waals surface area contributed by atoms with Crippen molar-refractivity contribution in [1.29, 1.82) is 0 Å². The van der Waals surface area contributed by atoms with E-state index in [1.807, 2.05) is 30.3 Å². The smallest absolute Gasteiger partial charge is 0.317 e. The Balaban J connectivity index is 1.97. The second-order valence-electron chi connectivity index (χ2n) is 5.63. The van der Waals surface area contributed by atoms with E-state index in [1.54, 1.807) is 4.90 Å². The van der Waals surface area contributed by atoms with E-state index in [4.69, 9.17) is 5.11 Å². The van der Waals surface area contributed by atoms with Crippen LogP contribution in [0.15, 0.2) is 40.9 Å². The van der Waals surface area contributed by atoms with Gasteiger partial charge in [0.1, 0.15) is 0 Å². The molecule has 0 saturated carbocycles. The first-order chi connectivity index (χ1) is 11.0. The van der Waals surface area contributed by atoms with Gasteiger partial charge in [-0.1, -0.05) is 52.3 Å².